The maximum absolute atomic E-state index is 10.9. The van der Waals surface area contributed by atoms with Gasteiger partial charge in [0.05, 0.1) is 4.92 Å². The molecule has 0 saturated carbocycles. The minimum atomic E-state index is -0.355. The Bertz CT molecular complexity index is 607. The van der Waals surface area contributed by atoms with Crippen molar-refractivity contribution in [2.24, 2.45) is 0 Å². The molecule has 1 N–H and O–H groups in total. The first-order valence-corrected chi connectivity index (χ1v) is 8.08. The molecule has 1 aliphatic rings. The number of nitrogens with zero attached hydrogens (tertiary/aromatic N) is 2. The van der Waals surface area contributed by atoms with Crippen molar-refractivity contribution in [1.82, 2.24) is 5.32 Å². The number of nitro groups is 1. The first kappa shape index (κ1) is 18.2. The fraction of sp³-hybridized carbons (Fsp3) is 0.400. The van der Waals surface area contributed by atoms with E-state index in [1.54, 1.807) is 12.1 Å². The number of anilines is 1. The zero-order valence-corrected chi connectivity index (χ0v) is 15.5. The van der Waals surface area contributed by atoms with Crippen molar-refractivity contribution in [2.45, 2.75) is 21.4 Å². The fourth-order valence-corrected chi connectivity index (χ4v) is 3.71. The quantitative estimate of drug-likeness (QED) is 0.335. The number of nitro benzene ring substituents is 1. The first-order chi connectivity index (χ1) is 10.2. The van der Waals surface area contributed by atoms with Crippen LogP contribution in [0.1, 0.15) is 0 Å². The standard InChI is InChI=1S/C10H21B8N3O2/c11-7(12)9(15,16)20(10(17,18)8(13,14)19-7)5-1-3-6(4-2-5)21(22)23/h1-4,19H,11-18H2. The lowest BCUT2D eigenvalue weighted by molar-refractivity contribution is -0.384. The second kappa shape index (κ2) is 5.20. The Hall–Kier alpha value is -1.10. The number of rotatable bonds is 2. The molecule has 1 fully saturated rings. The molecule has 0 atom stereocenters. The van der Waals surface area contributed by atoms with Crippen LogP contribution in [-0.4, -0.2) is 89.0 Å². The molecular formula is C10H21B8N3O2. The second-order valence-electron chi connectivity index (χ2n) is 8.60. The molecule has 0 aliphatic carbocycles. The number of hydrogen-bond donors (Lipinski definition) is 1. The van der Waals surface area contributed by atoms with E-state index >= 15 is 0 Å². The summed E-state index contributed by atoms with van der Waals surface area (Å²) in [5.41, 5.74) is 1.13. The van der Waals surface area contributed by atoms with E-state index in [1.807, 2.05) is 12.1 Å². The molecule has 0 radical (unpaired) electrons. The molecule has 0 spiro atoms. The van der Waals surface area contributed by atoms with Crippen LogP contribution < -0.4 is 10.2 Å². The lowest BCUT2D eigenvalue weighted by Gasteiger charge is -2.70. The van der Waals surface area contributed by atoms with E-state index in [9.17, 15) is 10.1 Å². The summed E-state index contributed by atoms with van der Waals surface area (Å²) in [4.78, 5) is 13.0. The van der Waals surface area contributed by atoms with Crippen LogP contribution in [0.15, 0.2) is 24.3 Å². The lowest BCUT2D eigenvalue weighted by Crippen LogP contribution is -2.92. The monoisotopic (exact) mass is 303 g/mol. The summed E-state index contributed by atoms with van der Waals surface area (Å²) in [6, 6.07) is 6.89. The van der Waals surface area contributed by atoms with Gasteiger partial charge in [0, 0.05) is 17.8 Å². The van der Waals surface area contributed by atoms with E-state index in [4.69, 9.17) is 0 Å². The molecule has 0 aromatic heterocycles. The average Bonchev–Trinajstić information content (AvgIpc) is 2.36. The molecule has 5 nitrogen and oxygen atoms in total. The molecule has 13 heteroatoms. The predicted octanol–water partition coefficient (Wildman–Crippen LogP) is -7.32. The summed E-state index contributed by atoms with van der Waals surface area (Å²) in [6.07, 6.45) is 0. The van der Waals surface area contributed by atoms with Crippen LogP contribution in [0.4, 0.5) is 11.4 Å². The van der Waals surface area contributed by atoms with Crippen molar-refractivity contribution in [3.8, 4) is 0 Å². The van der Waals surface area contributed by atoms with Gasteiger partial charge in [-0.3, -0.25) is 10.1 Å². The molecule has 1 aromatic carbocycles. The predicted molar refractivity (Wildman–Crippen MR) is 118 cm³/mol. The summed E-state index contributed by atoms with van der Waals surface area (Å²) < 4.78 is 0. The van der Waals surface area contributed by atoms with Crippen LogP contribution in [0.5, 0.6) is 0 Å². The summed E-state index contributed by atoms with van der Waals surface area (Å²) in [6.45, 7) is 0. The van der Waals surface area contributed by atoms with Crippen LogP contribution in [0.25, 0.3) is 0 Å². The van der Waals surface area contributed by atoms with Crippen LogP contribution in [0.3, 0.4) is 0 Å². The van der Waals surface area contributed by atoms with Crippen LogP contribution in [0.2, 0.25) is 0 Å². The normalized spacial score (nSPS) is 23.9. The average molecular weight is 302 g/mol. The van der Waals surface area contributed by atoms with Gasteiger partial charge in [-0.05, 0) is 33.5 Å². The summed E-state index contributed by atoms with van der Waals surface area (Å²) in [5.74, 6) is 0. The van der Waals surface area contributed by atoms with E-state index in [0.717, 1.165) is 5.69 Å². The van der Waals surface area contributed by atoms with Crippen molar-refractivity contribution in [2.75, 3.05) is 4.90 Å². The molecule has 1 aliphatic heterocycles. The Balaban J connectivity index is 2.61. The van der Waals surface area contributed by atoms with Crippen LogP contribution >= 0.6 is 0 Å². The van der Waals surface area contributed by atoms with Gasteiger partial charge in [-0.25, -0.2) is 0 Å². The minimum Gasteiger partial charge on any atom is -0.391 e. The van der Waals surface area contributed by atoms with E-state index < -0.39 is 0 Å². The number of non-ortho nitro benzene ring substituents is 1. The smallest absolute Gasteiger partial charge is 0.269 e. The number of hydrogen-bond acceptors (Lipinski definition) is 4. The molecule has 23 heavy (non-hydrogen) atoms. The highest BCUT2D eigenvalue weighted by Crippen LogP contribution is 2.39. The Labute approximate surface area is 145 Å². The van der Waals surface area contributed by atoms with Gasteiger partial charge < -0.3 is 10.2 Å². The van der Waals surface area contributed by atoms with Crippen LogP contribution in [-0.2, 0) is 0 Å². The highest BCUT2D eigenvalue weighted by atomic mass is 16.6. The Morgan fingerprint density at radius 1 is 0.870 bits per heavy atom. The molecule has 1 aromatic rings. The Kier molecular flexibility index (Phi) is 4.12. The Morgan fingerprint density at radius 2 is 1.26 bits per heavy atom. The van der Waals surface area contributed by atoms with E-state index in [1.165, 1.54) is 0 Å². The molecule has 1 heterocycles. The summed E-state index contributed by atoms with van der Waals surface area (Å²) in [5, 5.41) is 14.1. The van der Waals surface area contributed by atoms with E-state index in [-0.39, 0.29) is 32.0 Å². The second-order valence-corrected chi connectivity index (χ2v) is 8.60. The van der Waals surface area contributed by atoms with Crippen molar-refractivity contribution in [3.63, 3.8) is 0 Å². The molecular weight excluding hydrogens is 281 g/mol. The maximum Gasteiger partial charge on any atom is 0.269 e. The van der Waals surface area contributed by atoms with Gasteiger partial charge in [-0.15, -0.1) is 0 Å². The van der Waals surface area contributed by atoms with Gasteiger partial charge in [0.15, 0.2) is 0 Å². The summed E-state index contributed by atoms with van der Waals surface area (Å²) >= 11 is 0. The lowest BCUT2D eigenvalue weighted by atomic mass is 9.27. The topological polar surface area (TPSA) is 58.4 Å². The highest BCUT2D eigenvalue weighted by molar-refractivity contribution is 6.62. The van der Waals surface area contributed by atoms with Gasteiger partial charge in [-0.1, -0.05) is 0 Å². The maximum atomic E-state index is 10.9. The van der Waals surface area contributed by atoms with Crippen molar-refractivity contribution in [3.05, 3.63) is 34.4 Å². The zero-order chi connectivity index (χ0) is 17.8. The van der Waals surface area contributed by atoms with Crippen molar-refractivity contribution < 1.29 is 4.92 Å². The molecule has 0 bridgehead atoms. The first-order valence-electron chi connectivity index (χ1n) is 8.08. The molecule has 2 rings (SSSR count). The molecule has 1 saturated heterocycles. The molecule has 0 amide bonds. The number of benzene rings is 1. The van der Waals surface area contributed by atoms with Crippen molar-refractivity contribution >= 4 is 74.1 Å². The SMILES string of the molecule is BC1(B)NC(B)(B)C(B)(B)N(c2ccc([N+](=O)[O-])cc2)C1(B)B. The third-order valence-corrected chi connectivity index (χ3v) is 6.12. The Morgan fingerprint density at radius 3 is 1.61 bits per heavy atom. The summed E-state index contributed by atoms with van der Waals surface area (Å²) in [7, 11) is 17.7. The number of nitrogens with one attached hydrogen (secondary N) is 1. The minimum absolute atomic E-state index is 0.123. The van der Waals surface area contributed by atoms with Gasteiger partial charge >= 0.3 is 0 Å². The van der Waals surface area contributed by atoms with Gasteiger partial charge in [0.25, 0.3) is 5.69 Å². The highest BCUT2D eigenvalue weighted by Gasteiger charge is 2.57. The third-order valence-electron chi connectivity index (χ3n) is 6.12. The van der Waals surface area contributed by atoms with E-state index in [2.05, 4.69) is 73.0 Å². The third kappa shape index (κ3) is 2.67. The molecule has 112 valence electrons. The fourth-order valence-electron chi connectivity index (χ4n) is 3.71. The van der Waals surface area contributed by atoms with Gasteiger partial charge in [-0.2, -0.15) is 0 Å². The van der Waals surface area contributed by atoms with Crippen molar-refractivity contribution in [1.29, 1.82) is 0 Å². The van der Waals surface area contributed by atoms with Crippen LogP contribution in [0, 0.1) is 10.1 Å². The zero-order valence-electron chi connectivity index (χ0n) is 15.5. The van der Waals surface area contributed by atoms with E-state index in [0.29, 0.717) is 0 Å². The number of piperazine rings is 1. The van der Waals surface area contributed by atoms with Gasteiger partial charge in [0.1, 0.15) is 62.8 Å². The van der Waals surface area contributed by atoms with Gasteiger partial charge in [0.2, 0.25) is 0 Å². The molecule has 0 unspecified atom stereocenters. The largest absolute Gasteiger partial charge is 0.391 e.